The molecule has 6 heteroatoms. The van der Waals surface area contributed by atoms with Crippen molar-refractivity contribution in [2.75, 3.05) is 18.0 Å². The maximum Gasteiger partial charge on any atom is 0.259 e. The summed E-state index contributed by atoms with van der Waals surface area (Å²) < 4.78 is 1.89. The first-order chi connectivity index (χ1) is 14.1. The van der Waals surface area contributed by atoms with Crippen molar-refractivity contribution in [2.45, 2.75) is 26.7 Å². The zero-order valence-electron chi connectivity index (χ0n) is 16.8. The monoisotopic (exact) mass is 387 g/mol. The topological polar surface area (TPSA) is 62.5 Å². The van der Waals surface area contributed by atoms with Gasteiger partial charge in [-0.3, -0.25) is 4.79 Å². The van der Waals surface area contributed by atoms with E-state index >= 15 is 0 Å². The number of aromatic nitrogens is 2. The molecular formula is C23H25N5O. The van der Waals surface area contributed by atoms with Gasteiger partial charge in [0.2, 0.25) is 0 Å². The van der Waals surface area contributed by atoms with Crippen molar-refractivity contribution in [1.29, 1.82) is 0 Å². The van der Waals surface area contributed by atoms with Gasteiger partial charge in [0.25, 0.3) is 5.91 Å². The molecule has 0 aliphatic carbocycles. The number of hydrazone groups is 1. The summed E-state index contributed by atoms with van der Waals surface area (Å²) in [6, 6.07) is 18.3. The Balaban J connectivity index is 1.42. The van der Waals surface area contributed by atoms with Gasteiger partial charge in [-0.25, -0.2) is 10.1 Å². The van der Waals surface area contributed by atoms with Crippen molar-refractivity contribution >= 4 is 17.8 Å². The third kappa shape index (κ3) is 4.06. The van der Waals surface area contributed by atoms with E-state index in [4.69, 9.17) is 0 Å². The summed E-state index contributed by atoms with van der Waals surface area (Å²) in [5.41, 5.74) is 8.88. The van der Waals surface area contributed by atoms with E-state index in [-0.39, 0.29) is 5.91 Å². The lowest BCUT2D eigenvalue weighted by atomic mass is 10.0. The van der Waals surface area contributed by atoms with Crippen molar-refractivity contribution < 1.29 is 4.79 Å². The van der Waals surface area contributed by atoms with Crippen molar-refractivity contribution in [3.8, 4) is 5.69 Å². The summed E-state index contributed by atoms with van der Waals surface area (Å²) in [4.78, 5) is 14.5. The molecule has 0 radical (unpaired) electrons. The molecular weight excluding hydrogens is 362 g/mol. The van der Waals surface area contributed by atoms with Gasteiger partial charge in [-0.2, -0.15) is 10.2 Å². The Labute approximate surface area is 170 Å². The maximum atomic E-state index is 12.4. The Morgan fingerprint density at radius 3 is 2.72 bits per heavy atom. The number of fused-ring (bicyclic) bond motifs is 1. The van der Waals surface area contributed by atoms with Crippen LogP contribution in [0.4, 0.5) is 5.69 Å². The zero-order valence-corrected chi connectivity index (χ0v) is 16.8. The highest BCUT2D eigenvalue weighted by molar-refractivity contribution is 5.86. The van der Waals surface area contributed by atoms with Gasteiger partial charge in [-0.1, -0.05) is 36.4 Å². The van der Waals surface area contributed by atoms with E-state index in [9.17, 15) is 4.79 Å². The van der Waals surface area contributed by atoms with Crippen LogP contribution in [0.3, 0.4) is 0 Å². The molecule has 2 heterocycles. The molecule has 1 aliphatic rings. The predicted octanol–water partition coefficient (Wildman–Crippen LogP) is 3.39. The number of carbonyl (C=O) groups excluding carboxylic acids is 1. The minimum Gasteiger partial charge on any atom is -0.362 e. The van der Waals surface area contributed by atoms with Crippen molar-refractivity contribution in [1.82, 2.24) is 15.2 Å². The average Bonchev–Trinajstić information content (AvgIpc) is 3.03. The highest BCUT2D eigenvalue weighted by atomic mass is 16.2. The molecule has 0 unspecified atom stereocenters. The number of hydrogen-bond donors (Lipinski definition) is 1. The predicted molar refractivity (Wildman–Crippen MR) is 116 cm³/mol. The van der Waals surface area contributed by atoms with Crippen LogP contribution in [0, 0.1) is 13.8 Å². The Morgan fingerprint density at radius 2 is 1.90 bits per heavy atom. The van der Waals surface area contributed by atoms with Gasteiger partial charge in [0.1, 0.15) is 0 Å². The third-order valence-electron chi connectivity index (χ3n) is 5.27. The summed E-state index contributed by atoms with van der Waals surface area (Å²) in [5.74, 6) is -0.122. The fourth-order valence-electron chi connectivity index (χ4n) is 3.82. The lowest BCUT2D eigenvalue weighted by Crippen LogP contribution is -2.38. The van der Waals surface area contributed by atoms with Gasteiger partial charge in [-0.15, -0.1) is 0 Å². The number of rotatable bonds is 5. The second-order valence-corrected chi connectivity index (χ2v) is 7.28. The van der Waals surface area contributed by atoms with E-state index in [1.807, 2.05) is 61.0 Å². The van der Waals surface area contributed by atoms with Gasteiger partial charge in [0.15, 0.2) is 0 Å². The summed E-state index contributed by atoms with van der Waals surface area (Å²) in [7, 11) is 0. The smallest absolute Gasteiger partial charge is 0.259 e. The molecule has 3 aromatic rings. The number of benzene rings is 2. The van der Waals surface area contributed by atoms with Crippen LogP contribution in [-0.2, 0) is 11.2 Å². The van der Waals surface area contributed by atoms with Crippen LogP contribution in [0.1, 0.15) is 28.9 Å². The number of amides is 1. The maximum absolute atomic E-state index is 12.4. The van der Waals surface area contributed by atoms with Crippen LogP contribution >= 0.6 is 0 Å². The molecule has 1 N–H and O–H groups in total. The highest BCUT2D eigenvalue weighted by Crippen LogP contribution is 2.26. The Morgan fingerprint density at radius 1 is 1.14 bits per heavy atom. The second kappa shape index (κ2) is 8.31. The minimum absolute atomic E-state index is 0.122. The van der Waals surface area contributed by atoms with Crippen LogP contribution in [0.15, 0.2) is 59.7 Å². The fourth-order valence-corrected chi connectivity index (χ4v) is 3.82. The van der Waals surface area contributed by atoms with Gasteiger partial charge < -0.3 is 4.90 Å². The van der Waals surface area contributed by atoms with Crippen LogP contribution in [-0.4, -0.2) is 35.0 Å². The van der Waals surface area contributed by atoms with E-state index in [0.29, 0.717) is 6.54 Å². The number of aryl methyl sites for hydroxylation is 2. The standard InChI is InChI=1S/C23H25N5O/c1-17-21(18(2)28(26-17)20-11-4-3-5-12-20)15-24-25-23(29)16-27-14-8-10-19-9-6-7-13-22(19)27/h3-7,9,11-13,15H,8,10,14,16H2,1-2H3,(H,25,29)/b24-15-. The number of hydrogen-bond acceptors (Lipinski definition) is 4. The molecule has 6 nitrogen and oxygen atoms in total. The van der Waals surface area contributed by atoms with Crippen molar-refractivity contribution in [3.05, 3.63) is 77.1 Å². The average molecular weight is 387 g/mol. The summed E-state index contributed by atoms with van der Waals surface area (Å²) in [6.07, 6.45) is 3.81. The van der Waals surface area contributed by atoms with E-state index in [2.05, 4.69) is 32.7 Å². The van der Waals surface area contributed by atoms with Gasteiger partial charge in [0, 0.05) is 17.8 Å². The Hall–Kier alpha value is -3.41. The summed E-state index contributed by atoms with van der Waals surface area (Å²) in [5, 5.41) is 8.79. The normalized spacial score (nSPS) is 13.5. The fraction of sp³-hybridized carbons (Fsp3) is 0.261. The lowest BCUT2D eigenvalue weighted by molar-refractivity contribution is -0.119. The van der Waals surface area contributed by atoms with Crippen LogP contribution in [0.5, 0.6) is 0 Å². The van der Waals surface area contributed by atoms with Gasteiger partial charge in [0.05, 0.1) is 29.8 Å². The van der Waals surface area contributed by atoms with E-state index in [1.165, 1.54) is 5.56 Å². The zero-order chi connectivity index (χ0) is 20.2. The highest BCUT2D eigenvalue weighted by Gasteiger charge is 2.18. The first-order valence-corrected chi connectivity index (χ1v) is 9.90. The largest absolute Gasteiger partial charge is 0.362 e. The molecule has 29 heavy (non-hydrogen) atoms. The molecule has 1 amide bonds. The number of nitrogens with zero attached hydrogens (tertiary/aromatic N) is 4. The molecule has 1 aromatic heterocycles. The van der Waals surface area contributed by atoms with Gasteiger partial charge in [-0.05, 0) is 50.5 Å². The SMILES string of the molecule is Cc1nn(-c2ccccc2)c(C)c1/C=N\NC(=O)CN1CCCc2ccccc21. The molecule has 0 fully saturated rings. The number of anilines is 1. The van der Waals surface area contributed by atoms with Gasteiger partial charge >= 0.3 is 0 Å². The molecule has 1 aliphatic heterocycles. The molecule has 0 saturated carbocycles. The van der Waals surface area contributed by atoms with Crippen molar-refractivity contribution in [3.63, 3.8) is 0 Å². The Bertz CT molecular complexity index is 1040. The van der Waals surface area contributed by atoms with Crippen LogP contribution in [0.2, 0.25) is 0 Å². The minimum atomic E-state index is -0.122. The number of carbonyl (C=O) groups is 1. The molecule has 0 bridgehead atoms. The van der Waals surface area contributed by atoms with Crippen LogP contribution < -0.4 is 10.3 Å². The summed E-state index contributed by atoms with van der Waals surface area (Å²) >= 11 is 0. The molecule has 148 valence electrons. The third-order valence-corrected chi connectivity index (χ3v) is 5.27. The van der Waals surface area contributed by atoms with E-state index < -0.39 is 0 Å². The second-order valence-electron chi connectivity index (χ2n) is 7.28. The number of para-hydroxylation sites is 2. The van der Waals surface area contributed by atoms with Crippen LogP contribution in [0.25, 0.3) is 5.69 Å². The molecule has 0 spiro atoms. The van der Waals surface area contributed by atoms with E-state index in [0.717, 1.165) is 47.7 Å². The number of nitrogens with one attached hydrogen (secondary N) is 1. The Kier molecular flexibility index (Phi) is 5.42. The summed E-state index contributed by atoms with van der Waals surface area (Å²) in [6.45, 7) is 5.13. The first kappa shape index (κ1) is 18.9. The van der Waals surface area contributed by atoms with Crippen molar-refractivity contribution in [2.24, 2.45) is 5.10 Å². The quantitative estimate of drug-likeness (QED) is 0.539. The molecule has 4 rings (SSSR count). The van der Waals surface area contributed by atoms with E-state index in [1.54, 1.807) is 6.21 Å². The molecule has 2 aromatic carbocycles. The molecule has 0 saturated heterocycles. The lowest BCUT2D eigenvalue weighted by Gasteiger charge is -2.30. The first-order valence-electron chi connectivity index (χ1n) is 9.90. The molecule has 0 atom stereocenters.